The fraction of sp³-hybridized carbons (Fsp3) is 0.238. The van der Waals surface area contributed by atoms with Crippen LogP contribution in [0, 0.1) is 0 Å². The van der Waals surface area contributed by atoms with Crippen LogP contribution in [-0.4, -0.2) is 24.1 Å². The van der Waals surface area contributed by atoms with E-state index in [-0.39, 0.29) is 29.3 Å². The second-order valence-corrected chi connectivity index (χ2v) is 7.66. The van der Waals surface area contributed by atoms with E-state index in [4.69, 9.17) is 11.6 Å². The number of rotatable bonds is 4. The van der Waals surface area contributed by atoms with E-state index in [2.05, 4.69) is 15.0 Å². The molecule has 0 saturated carbocycles. The summed E-state index contributed by atoms with van der Waals surface area (Å²) in [6.07, 6.45) is -1.96. The molecule has 0 aliphatic carbocycles. The molecule has 0 saturated heterocycles. The zero-order valence-electron chi connectivity index (χ0n) is 16.6. The number of halogens is 4. The van der Waals surface area contributed by atoms with Crippen molar-refractivity contribution in [2.75, 3.05) is 0 Å². The van der Waals surface area contributed by atoms with Crippen LogP contribution >= 0.6 is 11.6 Å². The van der Waals surface area contributed by atoms with Gasteiger partial charge in [-0.15, -0.1) is 0 Å². The number of fused-ring (bicyclic) bond motifs is 1. The third kappa shape index (κ3) is 4.18. The van der Waals surface area contributed by atoms with Gasteiger partial charge in [0.15, 0.2) is 5.69 Å². The van der Waals surface area contributed by atoms with E-state index in [0.717, 1.165) is 11.8 Å². The fourth-order valence-corrected chi connectivity index (χ4v) is 3.41. The van der Waals surface area contributed by atoms with Crippen molar-refractivity contribution in [3.05, 3.63) is 75.7 Å². The molecule has 0 amide bonds. The van der Waals surface area contributed by atoms with Crippen molar-refractivity contribution >= 4 is 22.6 Å². The van der Waals surface area contributed by atoms with E-state index < -0.39 is 11.9 Å². The van der Waals surface area contributed by atoms with Crippen molar-refractivity contribution in [1.82, 2.24) is 24.1 Å². The monoisotopic (exact) mass is 447 g/mol. The Bertz CT molecular complexity index is 1310. The lowest BCUT2D eigenvalue weighted by Gasteiger charge is -2.12. The Labute approximate surface area is 180 Å². The molecule has 0 aliphatic rings. The topological polar surface area (TPSA) is 65.6 Å². The standard InChI is InChI=1S/C21H17ClF3N5O/c1-12(2)29-11-16(21(23,24)25)27-18(29)14-5-3-13(4-6-14)10-30-17(31)8-7-15-9-26-20(22)28-19(15)30/h3-9,11-12H,10H2,1-2H3. The average molecular weight is 448 g/mol. The quantitative estimate of drug-likeness (QED) is 0.415. The summed E-state index contributed by atoms with van der Waals surface area (Å²) in [5, 5.41) is 0.697. The van der Waals surface area contributed by atoms with Crippen LogP contribution < -0.4 is 5.56 Å². The maximum absolute atomic E-state index is 13.1. The molecule has 6 nitrogen and oxygen atoms in total. The van der Waals surface area contributed by atoms with E-state index in [1.807, 2.05) is 0 Å². The zero-order chi connectivity index (χ0) is 22.3. The second-order valence-electron chi connectivity index (χ2n) is 7.32. The molecule has 4 aromatic rings. The van der Waals surface area contributed by atoms with Crippen molar-refractivity contribution < 1.29 is 13.2 Å². The molecule has 10 heteroatoms. The highest BCUT2D eigenvalue weighted by Crippen LogP contribution is 2.32. The van der Waals surface area contributed by atoms with Gasteiger partial charge >= 0.3 is 6.18 Å². The van der Waals surface area contributed by atoms with Crippen molar-refractivity contribution in [3.8, 4) is 11.4 Å². The molecule has 160 valence electrons. The SMILES string of the molecule is CC(C)n1cc(C(F)(F)F)nc1-c1ccc(Cn2c(=O)ccc3cnc(Cl)nc32)cc1. The largest absolute Gasteiger partial charge is 0.434 e. The van der Waals surface area contributed by atoms with Gasteiger partial charge in [0.2, 0.25) is 5.28 Å². The van der Waals surface area contributed by atoms with Gasteiger partial charge in [0.1, 0.15) is 11.5 Å². The molecule has 0 spiro atoms. The van der Waals surface area contributed by atoms with E-state index >= 15 is 0 Å². The van der Waals surface area contributed by atoms with E-state index in [0.29, 0.717) is 16.6 Å². The molecule has 4 rings (SSSR count). The number of pyridine rings is 1. The molecule has 0 fully saturated rings. The molecule has 0 atom stereocenters. The zero-order valence-corrected chi connectivity index (χ0v) is 17.3. The summed E-state index contributed by atoms with van der Waals surface area (Å²) < 4.78 is 42.4. The Morgan fingerprint density at radius 3 is 2.42 bits per heavy atom. The molecule has 3 aromatic heterocycles. The number of imidazole rings is 1. The lowest BCUT2D eigenvalue weighted by atomic mass is 10.1. The maximum atomic E-state index is 13.1. The Morgan fingerprint density at radius 1 is 1.06 bits per heavy atom. The van der Waals surface area contributed by atoms with Crippen molar-refractivity contribution in [1.29, 1.82) is 0 Å². The summed E-state index contributed by atoms with van der Waals surface area (Å²) in [5.74, 6) is 0.232. The molecular weight excluding hydrogens is 431 g/mol. The molecule has 31 heavy (non-hydrogen) atoms. The third-order valence-corrected chi connectivity index (χ3v) is 5.01. The number of hydrogen-bond donors (Lipinski definition) is 0. The van der Waals surface area contributed by atoms with Crippen molar-refractivity contribution in [3.63, 3.8) is 0 Å². The average Bonchev–Trinajstić information content (AvgIpc) is 3.17. The maximum Gasteiger partial charge on any atom is 0.434 e. The fourth-order valence-electron chi connectivity index (χ4n) is 3.28. The Morgan fingerprint density at radius 2 is 1.77 bits per heavy atom. The summed E-state index contributed by atoms with van der Waals surface area (Å²) >= 11 is 5.88. The summed E-state index contributed by atoms with van der Waals surface area (Å²) in [6, 6.07) is 9.72. The number of nitrogens with zero attached hydrogens (tertiary/aromatic N) is 5. The summed E-state index contributed by atoms with van der Waals surface area (Å²) in [4.78, 5) is 24.3. The van der Waals surface area contributed by atoms with Crippen molar-refractivity contribution in [2.24, 2.45) is 0 Å². The van der Waals surface area contributed by atoms with Gasteiger partial charge in [-0.25, -0.2) is 9.97 Å². The van der Waals surface area contributed by atoms with Crippen molar-refractivity contribution in [2.45, 2.75) is 32.6 Å². The first kappa shape index (κ1) is 21.0. The van der Waals surface area contributed by atoms with Gasteiger partial charge in [-0.1, -0.05) is 24.3 Å². The molecule has 0 unspecified atom stereocenters. The third-order valence-electron chi connectivity index (χ3n) is 4.83. The number of aromatic nitrogens is 5. The van der Waals surface area contributed by atoms with Gasteiger partial charge in [-0.3, -0.25) is 9.36 Å². The Hall–Kier alpha value is -3.20. The molecule has 0 bridgehead atoms. The minimum absolute atomic E-state index is 0.0307. The van der Waals surface area contributed by atoms with Crippen LogP contribution in [-0.2, 0) is 12.7 Å². The summed E-state index contributed by atoms with van der Waals surface area (Å²) in [6.45, 7) is 3.80. The molecule has 3 heterocycles. The van der Waals surface area contributed by atoms with E-state index in [1.165, 1.54) is 21.4 Å². The predicted molar refractivity (Wildman–Crippen MR) is 111 cm³/mol. The van der Waals surface area contributed by atoms with Gasteiger partial charge in [0.05, 0.1) is 6.54 Å². The first-order valence-corrected chi connectivity index (χ1v) is 9.79. The van der Waals surface area contributed by atoms with Gasteiger partial charge < -0.3 is 4.57 Å². The molecule has 1 aromatic carbocycles. The number of hydrogen-bond acceptors (Lipinski definition) is 4. The van der Waals surface area contributed by atoms with Crippen LogP contribution in [0.4, 0.5) is 13.2 Å². The van der Waals surface area contributed by atoms with Crippen LogP contribution in [0.5, 0.6) is 0 Å². The molecule has 0 N–H and O–H groups in total. The number of benzene rings is 1. The van der Waals surface area contributed by atoms with Gasteiger partial charge in [-0.05, 0) is 37.1 Å². The van der Waals surface area contributed by atoms with Crippen LogP contribution in [0.15, 0.2) is 53.6 Å². The Kier molecular flexibility index (Phi) is 5.30. The minimum Gasteiger partial charge on any atom is -0.328 e. The van der Waals surface area contributed by atoms with E-state index in [9.17, 15) is 18.0 Å². The Balaban J connectivity index is 1.70. The van der Waals surface area contributed by atoms with Crippen LogP contribution in [0.2, 0.25) is 5.28 Å². The highest BCUT2D eigenvalue weighted by Gasteiger charge is 2.35. The van der Waals surface area contributed by atoms with Crippen LogP contribution in [0.3, 0.4) is 0 Å². The molecule has 0 radical (unpaired) electrons. The minimum atomic E-state index is -4.52. The number of alkyl halides is 3. The predicted octanol–water partition coefficient (Wildman–Crippen LogP) is 4.96. The lowest BCUT2D eigenvalue weighted by molar-refractivity contribution is -0.140. The lowest BCUT2D eigenvalue weighted by Crippen LogP contribution is -2.20. The normalized spacial score (nSPS) is 12.1. The van der Waals surface area contributed by atoms with Gasteiger partial charge in [-0.2, -0.15) is 18.2 Å². The van der Waals surface area contributed by atoms with Gasteiger partial charge in [0, 0.05) is 35.5 Å². The van der Waals surface area contributed by atoms with Gasteiger partial charge in [0.25, 0.3) is 5.56 Å². The smallest absolute Gasteiger partial charge is 0.328 e. The first-order valence-electron chi connectivity index (χ1n) is 9.41. The first-order chi connectivity index (χ1) is 14.6. The van der Waals surface area contributed by atoms with Crippen LogP contribution in [0.1, 0.15) is 31.1 Å². The van der Waals surface area contributed by atoms with Crippen LogP contribution in [0.25, 0.3) is 22.4 Å². The molecular formula is C21H17ClF3N5O. The highest BCUT2D eigenvalue weighted by molar-refractivity contribution is 6.28. The second kappa shape index (κ2) is 7.81. The highest BCUT2D eigenvalue weighted by atomic mass is 35.5. The molecule has 0 aliphatic heterocycles. The summed E-state index contributed by atoms with van der Waals surface area (Å²) in [5.41, 5.74) is 0.535. The summed E-state index contributed by atoms with van der Waals surface area (Å²) in [7, 11) is 0. The van der Waals surface area contributed by atoms with E-state index in [1.54, 1.807) is 44.2 Å².